The highest BCUT2D eigenvalue weighted by Crippen LogP contribution is 2.07. The van der Waals surface area contributed by atoms with Gasteiger partial charge in [-0.1, -0.05) is 50.6 Å². The summed E-state index contributed by atoms with van der Waals surface area (Å²) in [4.78, 5) is 23.0. The van der Waals surface area contributed by atoms with E-state index in [4.69, 9.17) is 9.47 Å². The predicted octanol–water partition coefficient (Wildman–Crippen LogP) is 4.31. The average Bonchev–Trinajstić information content (AvgIpc) is 2.57. The van der Waals surface area contributed by atoms with Crippen molar-refractivity contribution in [2.75, 3.05) is 13.2 Å². The Kier molecular flexibility index (Phi) is 10.6. The van der Waals surface area contributed by atoms with Gasteiger partial charge in [-0.05, 0) is 37.2 Å². The maximum absolute atomic E-state index is 11.6. The lowest BCUT2D eigenvalue weighted by molar-refractivity contribution is -0.144. The Morgan fingerprint density at radius 3 is 2.12 bits per heavy atom. The summed E-state index contributed by atoms with van der Waals surface area (Å²) < 4.78 is 10.3. The maximum Gasteiger partial charge on any atom is 0.305 e. The lowest BCUT2D eigenvalue weighted by atomic mass is 10.1. The van der Waals surface area contributed by atoms with Crippen molar-refractivity contribution < 1.29 is 19.1 Å². The third kappa shape index (κ3) is 10.8. The summed E-state index contributed by atoms with van der Waals surface area (Å²) in [6, 6.07) is 10.2. The molecule has 0 aromatic heterocycles. The zero-order valence-corrected chi connectivity index (χ0v) is 15.0. The number of ether oxygens (including phenoxy) is 2. The summed E-state index contributed by atoms with van der Waals surface area (Å²) in [5.41, 5.74) is 1.26. The van der Waals surface area contributed by atoms with Gasteiger partial charge < -0.3 is 9.47 Å². The zero-order chi connectivity index (χ0) is 17.6. The van der Waals surface area contributed by atoms with Crippen molar-refractivity contribution >= 4 is 11.9 Å². The second-order valence-electron chi connectivity index (χ2n) is 6.45. The van der Waals surface area contributed by atoms with Crippen LogP contribution in [0.25, 0.3) is 0 Å². The smallest absolute Gasteiger partial charge is 0.305 e. The Labute approximate surface area is 145 Å². The lowest BCUT2D eigenvalue weighted by Crippen LogP contribution is -2.09. The van der Waals surface area contributed by atoms with Gasteiger partial charge in [0.15, 0.2) is 0 Å². The highest BCUT2D eigenvalue weighted by molar-refractivity contribution is 5.69. The molecule has 0 radical (unpaired) electrons. The molecule has 0 aliphatic heterocycles. The third-order valence-corrected chi connectivity index (χ3v) is 3.56. The highest BCUT2D eigenvalue weighted by Gasteiger charge is 2.06. The molecule has 1 aromatic carbocycles. The van der Waals surface area contributed by atoms with E-state index < -0.39 is 0 Å². The number of carbonyl (C=O) groups is 2. The molecule has 1 rings (SSSR count). The van der Waals surface area contributed by atoms with Crippen LogP contribution in [0.4, 0.5) is 0 Å². The van der Waals surface area contributed by atoms with E-state index in [-0.39, 0.29) is 11.9 Å². The van der Waals surface area contributed by atoms with Crippen LogP contribution in [0.1, 0.15) is 57.9 Å². The van der Waals surface area contributed by atoms with Crippen molar-refractivity contribution in [3.8, 4) is 0 Å². The minimum absolute atomic E-state index is 0.146. The molecule has 0 saturated heterocycles. The number of hydrogen-bond donors (Lipinski definition) is 0. The summed E-state index contributed by atoms with van der Waals surface area (Å²) in [6.07, 6.45) is 4.98. The first kappa shape index (κ1) is 20.2. The van der Waals surface area contributed by atoms with Crippen molar-refractivity contribution in [3.63, 3.8) is 0 Å². The minimum Gasteiger partial charge on any atom is -0.466 e. The first-order valence-corrected chi connectivity index (χ1v) is 8.93. The second-order valence-corrected chi connectivity index (χ2v) is 6.45. The lowest BCUT2D eigenvalue weighted by Gasteiger charge is -2.07. The number of hydrogen-bond acceptors (Lipinski definition) is 4. The standard InChI is InChI=1S/C20H30O4/c1-17(2)16-24-20(22)14-8-4-7-13-19(21)23-15-9-12-18-10-5-3-6-11-18/h3,5-6,10-11,17H,4,7-9,12-16H2,1-2H3. The first-order valence-electron chi connectivity index (χ1n) is 8.93. The van der Waals surface area contributed by atoms with E-state index in [2.05, 4.69) is 12.1 Å². The van der Waals surface area contributed by atoms with Gasteiger partial charge in [0.25, 0.3) is 0 Å². The van der Waals surface area contributed by atoms with Gasteiger partial charge in [0, 0.05) is 12.8 Å². The molecule has 0 bridgehead atoms. The molecule has 4 heteroatoms. The molecule has 0 aliphatic rings. The molecule has 0 heterocycles. The van der Waals surface area contributed by atoms with Gasteiger partial charge in [0.1, 0.15) is 0 Å². The van der Waals surface area contributed by atoms with Gasteiger partial charge in [0.2, 0.25) is 0 Å². The molecule has 0 fully saturated rings. The van der Waals surface area contributed by atoms with Crippen LogP contribution >= 0.6 is 0 Å². The molecule has 0 amide bonds. The topological polar surface area (TPSA) is 52.6 Å². The molecule has 0 atom stereocenters. The van der Waals surface area contributed by atoms with Crippen molar-refractivity contribution in [1.29, 1.82) is 0 Å². The van der Waals surface area contributed by atoms with Crippen LogP contribution in [0.3, 0.4) is 0 Å². The number of benzene rings is 1. The SMILES string of the molecule is CC(C)COC(=O)CCCCCC(=O)OCCCc1ccccc1. The zero-order valence-electron chi connectivity index (χ0n) is 15.0. The number of esters is 2. The molecule has 1 aromatic rings. The highest BCUT2D eigenvalue weighted by atomic mass is 16.5. The number of aryl methyl sites for hydroxylation is 1. The van der Waals surface area contributed by atoms with E-state index in [1.54, 1.807) is 0 Å². The van der Waals surface area contributed by atoms with Gasteiger partial charge in [0.05, 0.1) is 13.2 Å². The van der Waals surface area contributed by atoms with Crippen LogP contribution in [-0.2, 0) is 25.5 Å². The van der Waals surface area contributed by atoms with Crippen LogP contribution in [0.5, 0.6) is 0 Å². The van der Waals surface area contributed by atoms with Crippen molar-refractivity contribution in [2.45, 2.75) is 58.8 Å². The van der Waals surface area contributed by atoms with Gasteiger partial charge in [-0.25, -0.2) is 0 Å². The molecule has 134 valence electrons. The fourth-order valence-corrected chi connectivity index (χ4v) is 2.23. The molecule has 0 saturated carbocycles. The van der Waals surface area contributed by atoms with Gasteiger partial charge in [-0.3, -0.25) is 9.59 Å². The van der Waals surface area contributed by atoms with Crippen LogP contribution in [-0.4, -0.2) is 25.2 Å². The van der Waals surface area contributed by atoms with Crippen LogP contribution in [0.2, 0.25) is 0 Å². The largest absolute Gasteiger partial charge is 0.466 e. The number of unbranched alkanes of at least 4 members (excludes halogenated alkanes) is 2. The summed E-state index contributed by atoms with van der Waals surface area (Å²) in [5.74, 6) is 0.0724. The van der Waals surface area contributed by atoms with E-state index in [9.17, 15) is 9.59 Å². The third-order valence-electron chi connectivity index (χ3n) is 3.56. The van der Waals surface area contributed by atoms with Crippen molar-refractivity contribution in [3.05, 3.63) is 35.9 Å². The minimum atomic E-state index is -0.148. The fourth-order valence-electron chi connectivity index (χ4n) is 2.23. The van der Waals surface area contributed by atoms with E-state index in [0.29, 0.717) is 32.0 Å². The van der Waals surface area contributed by atoms with Crippen molar-refractivity contribution in [1.82, 2.24) is 0 Å². The van der Waals surface area contributed by atoms with Crippen LogP contribution < -0.4 is 0 Å². The first-order chi connectivity index (χ1) is 11.6. The normalized spacial score (nSPS) is 10.6. The van der Waals surface area contributed by atoms with Crippen molar-refractivity contribution in [2.24, 2.45) is 5.92 Å². The average molecular weight is 334 g/mol. The Bertz CT molecular complexity index is 468. The monoisotopic (exact) mass is 334 g/mol. The molecule has 0 N–H and O–H groups in total. The molecule has 24 heavy (non-hydrogen) atoms. The maximum atomic E-state index is 11.6. The fraction of sp³-hybridized carbons (Fsp3) is 0.600. The van der Waals surface area contributed by atoms with E-state index in [0.717, 1.165) is 32.1 Å². The van der Waals surface area contributed by atoms with Gasteiger partial charge in [-0.15, -0.1) is 0 Å². The Balaban J connectivity index is 1.93. The number of rotatable bonds is 12. The summed E-state index contributed by atoms with van der Waals surface area (Å²) in [6.45, 7) is 4.97. The Morgan fingerprint density at radius 1 is 0.875 bits per heavy atom. The second kappa shape index (κ2) is 12.6. The van der Waals surface area contributed by atoms with Gasteiger partial charge in [-0.2, -0.15) is 0 Å². The molecule has 4 nitrogen and oxygen atoms in total. The van der Waals surface area contributed by atoms with E-state index in [1.807, 2.05) is 32.0 Å². The van der Waals surface area contributed by atoms with E-state index in [1.165, 1.54) is 5.56 Å². The summed E-state index contributed by atoms with van der Waals surface area (Å²) in [7, 11) is 0. The Morgan fingerprint density at radius 2 is 1.50 bits per heavy atom. The quantitative estimate of drug-likeness (QED) is 0.422. The predicted molar refractivity (Wildman–Crippen MR) is 94.6 cm³/mol. The Hall–Kier alpha value is -1.84. The molecular weight excluding hydrogens is 304 g/mol. The van der Waals surface area contributed by atoms with Crippen LogP contribution in [0.15, 0.2) is 30.3 Å². The summed E-state index contributed by atoms with van der Waals surface area (Å²) >= 11 is 0. The molecule has 0 aliphatic carbocycles. The summed E-state index contributed by atoms with van der Waals surface area (Å²) in [5, 5.41) is 0. The molecule has 0 unspecified atom stereocenters. The van der Waals surface area contributed by atoms with Crippen LogP contribution in [0, 0.1) is 5.92 Å². The van der Waals surface area contributed by atoms with Gasteiger partial charge >= 0.3 is 11.9 Å². The van der Waals surface area contributed by atoms with E-state index >= 15 is 0 Å². The number of carbonyl (C=O) groups excluding carboxylic acids is 2. The molecular formula is C20H30O4. The molecule has 0 spiro atoms.